The van der Waals surface area contributed by atoms with E-state index in [9.17, 15) is 0 Å². The molecule has 1 aromatic carbocycles. The highest BCUT2D eigenvalue weighted by atomic mass is 79.9. The number of aromatic nitrogens is 3. The Balaban J connectivity index is 2.54. The molecule has 7 heteroatoms. The average Bonchev–Trinajstić information content (AvgIpc) is 2.70. The summed E-state index contributed by atoms with van der Waals surface area (Å²) >= 11 is 13.1. The van der Waals surface area contributed by atoms with Gasteiger partial charge in [0.2, 0.25) is 0 Å². The zero-order valence-corrected chi connectivity index (χ0v) is 14.4. The molecule has 19 heavy (non-hydrogen) atoms. The van der Waals surface area contributed by atoms with E-state index in [0.29, 0.717) is 5.02 Å². The van der Waals surface area contributed by atoms with Crippen LogP contribution in [0, 0.1) is 0 Å². The molecule has 0 radical (unpaired) electrons. The van der Waals surface area contributed by atoms with Crippen LogP contribution in [0.25, 0.3) is 0 Å². The lowest BCUT2D eigenvalue weighted by Crippen LogP contribution is -2.25. The van der Waals surface area contributed by atoms with E-state index in [2.05, 4.69) is 54.4 Å². The molecule has 4 nitrogen and oxygen atoms in total. The maximum atomic E-state index is 6.10. The van der Waals surface area contributed by atoms with Gasteiger partial charge < -0.3 is 5.32 Å². The summed E-state index contributed by atoms with van der Waals surface area (Å²) in [6.45, 7) is 2.88. The van der Waals surface area contributed by atoms with Crippen molar-refractivity contribution in [2.24, 2.45) is 7.05 Å². The lowest BCUT2D eigenvalue weighted by Gasteiger charge is -2.20. The third-order valence-electron chi connectivity index (χ3n) is 2.78. The first-order valence-corrected chi connectivity index (χ1v) is 7.74. The number of nitrogens with one attached hydrogen (secondary N) is 1. The molecule has 1 aromatic heterocycles. The minimum absolute atomic E-state index is 0.0348. The molecular formula is C12H13Br2ClN4. The van der Waals surface area contributed by atoms with Gasteiger partial charge in [-0.05, 0) is 46.2 Å². The summed E-state index contributed by atoms with van der Waals surface area (Å²) < 4.78 is 3.48. The minimum Gasteiger partial charge on any atom is -0.305 e. The van der Waals surface area contributed by atoms with Crippen molar-refractivity contribution in [3.8, 4) is 0 Å². The first-order chi connectivity index (χ1) is 9.04. The quantitative estimate of drug-likeness (QED) is 0.839. The van der Waals surface area contributed by atoms with Crippen LogP contribution in [0.1, 0.15) is 24.2 Å². The van der Waals surface area contributed by atoms with Crippen molar-refractivity contribution in [3.63, 3.8) is 0 Å². The van der Waals surface area contributed by atoms with E-state index >= 15 is 0 Å². The third kappa shape index (κ3) is 3.18. The highest BCUT2D eigenvalue weighted by Gasteiger charge is 2.23. The van der Waals surface area contributed by atoms with Gasteiger partial charge >= 0.3 is 0 Å². The Morgan fingerprint density at radius 3 is 2.74 bits per heavy atom. The summed E-state index contributed by atoms with van der Waals surface area (Å²) in [4.78, 5) is 0. The highest BCUT2D eigenvalue weighted by Crippen LogP contribution is 2.33. The van der Waals surface area contributed by atoms with Gasteiger partial charge in [-0.15, -0.1) is 5.10 Å². The molecule has 0 aliphatic carbocycles. The molecule has 2 aromatic rings. The summed E-state index contributed by atoms with van der Waals surface area (Å²) in [6, 6.07) is 5.71. The van der Waals surface area contributed by atoms with E-state index in [0.717, 1.165) is 26.9 Å². The highest BCUT2D eigenvalue weighted by molar-refractivity contribution is 9.10. The monoisotopic (exact) mass is 406 g/mol. The number of hydrogen-bond donors (Lipinski definition) is 1. The first-order valence-electron chi connectivity index (χ1n) is 5.78. The molecule has 1 atom stereocenters. The van der Waals surface area contributed by atoms with E-state index in [1.54, 1.807) is 4.68 Å². The molecule has 0 saturated heterocycles. The lowest BCUT2D eigenvalue weighted by molar-refractivity contribution is 0.565. The minimum atomic E-state index is -0.0348. The summed E-state index contributed by atoms with van der Waals surface area (Å²) in [5.74, 6) is 0. The molecule has 1 unspecified atom stereocenters. The van der Waals surface area contributed by atoms with Gasteiger partial charge in [-0.25, -0.2) is 4.68 Å². The molecule has 0 fully saturated rings. The van der Waals surface area contributed by atoms with Crippen LogP contribution in [0.3, 0.4) is 0 Å². The van der Waals surface area contributed by atoms with Gasteiger partial charge in [-0.1, -0.05) is 39.7 Å². The Labute approximate surface area is 133 Å². The van der Waals surface area contributed by atoms with Crippen molar-refractivity contribution in [2.45, 2.75) is 13.0 Å². The zero-order chi connectivity index (χ0) is 14.0. The van der Waals surface area contributed by atoms with Crippen molar-refractivity contribution in [1.82, 2.24) is 20.3 Å². The molecule has 1 N–H and O–H groups in total. The maximum Gasteiger partial charge on any atom is 0.153 e. The standard InChI is InChI=1S/C12H13Br2ClN4/c1-3-16-10(11-12(14)17-18-19(11)2)8-6-7(15)4-5-9(8)13/h4-6,10,16H,3H2,1-2H3. The van der Waals surface area contributed by atoms with Gasteiger partial charge in [0.05, 0.1) is 11.7 Å². The predicted molar refractivity (Wildman–Crippen MR) is 83.4 cm³/mol. The molecule has 0 aliphatic heterocycles. The SMILES string of the molecule is CCNC(c1cc(Cl)ccc1Br)c1c(Br)nnn1C. The number of nitrogens with zero attached hydrogens (tertiary/aromatic N) is 3. The summed E-state index contributed by atoms with van der Waals surface area (Å²) in [5, 5.41) is 12.2. The molecule has 0 amide bonds. The fourth-order valence-electron chi connectivity index (χ4n) is 1.94. The van der Waals surface area contributed by atoms with Crippen LogP contribution in [0.5, 0.6) is 0 Å². The summed E-state index contributed by atoms with van der Waals surface area (Å²) in [6.07, 6.45) is 0. The van der Waals surface area contributed by atoms with Gasteiger partial charge in [0, 0.05) is 16.5 Å². The number of benzene rings is 1. The van der Waals surface area contributed by atoms with Crippen LogP contribution in [0.2, 0.25) is 5.02 Å². The molecule has 0 bridgehead atoms. The van der Waals surface area contributed by atoms with Crippen molar-refractivity contribution in [2.75, 3.05) is 6.54 Å². The van der Waals surface area contributed by atoms with E-state index in [4.69, 9.17) is 11.6 Å². The van der Waals surface area contributed by atoms with Gasteiger partial charge in [-0.3, -0.25) is 0 Å². The van der Waals surface area contributed by atoms with Crippen LogP contribution in [0.4, 0.5) is 0 Å². The summed E-state index contributed by atoms with van der Waals surface area (Å²) in [7, 11) is 1.87. The van der Waals surface area contributed by atoms with Gasteiger partial charge in [0.1, 0.15) is 0 Å². The molecule has 1 heterocycles. The third-order valence-corrected chi connectivity index (χ3v) is 4.30. The maximum absolute atomic E-state index is 6.10. The fraction of sp³-hybridized carbons (Fsp3) is 0.333. The Kier molecular flexibility index (Phi) is 5.00. The molecule has 2 rings (SSSR count). The van der Waals surface area contributed by atoms with Crippen LogP contribution in [0.15, 0.2) is 27.3 Å². The molecule has 0 saturated carbocycles. The second kappa shape index (κ2) is 6.35. The number of aryl methyl sites for hydroxylation is 1. The van der Waals surface area contributed by atoms with Crippen molar-refractivity contribution in [3.05, 3.63) is 43.6 Å². The first kappa shape index (κ1) is 15.0. The number of rotatable bonds is 4. The smallest absolute Gasteiger partial charge is 0.153 e. The molecular weight excluding hydrogens is 395 g/mol. The van der Waals surface area contributed by atoms with Crippen molar-refractivity contribution in [1.29, 1.82) is 0 Å². The van der Waals surface area contributed by atoms with Crippen molar-refractivity contribution < 1.29 is 0 Å². The molecule has 0 aliphatic rings. The van der Waals surface area contributed by atoms with E-state index in [-0.39, 0.29) is 6.04 Å². The van der Waals surface area contributed by atoms with Crippen LogP contribution in [-0.2, 0) is 7.05 Å². The normalized spacial score (nSPS) is 12.7. The molecule has 0 spiro atoms. The Morgan fingerprint density at radius 1 is 1.42 bits per heavy atom. The fourth-order valence-corrected chi connectivity index (χ4v) is 3.15. The van der Waals surface area contributed by atoms with E-state index in [1.165, 1.54) is 0 Å². The number of halogens is 3. The Bertz CT molecular complexity index is 566. The Hall–Kier alpha value is -0.430. The number of hydrogen-bond acceptors (Lipinski definition) is 3. The van der Waals surface area contributed by atoms with Gasteiger partial charge in [0.25, 0.3) is 0 Å². The van der Waals surface area contributed by atoms with E-state index < -0.39 is 0 Å². The predicted octanol–water partition coefficient (Wildman–Crippen LogP) is 3.69. The van der Waals surface area contributed by atoms with E-state index in [1.807, 2.05) is 25.2 Å². The lowest BCUT2D eigenvalue weighted by atomic mass is 10.0. The summed E-state index contributed by atoms with van der Waals surface area (Å²) in [5.41, 5.74) is 2.02. The second-order valence-corrected chi connectivity index (χ2v) is 6.09. The van der Waals surface area contributed by atoms with Crippen LogP contribution < -0.4 is 5.32 Å². The van der Waals surface area contributed by atoms with Gasteiger partial charge in [0.15, 0.2) is 4.60 Å². The van der Waals surface area contributed by atoms with Crippen LogP contribution >= 0.6 is 43.5 Å². The second-order valence-electron chi connectivity index (χ2n) is 4.05. The van der Waals surface area contributed by atoms with Crippen molar-refractivity contribution >= 4 is 43.5 Å². The van der Waals surface area contributed by atoms with Gasteiger partial charge in [-0.2, -0.15) is 0 Å². The average molecular weight is 409 g/mol. The zero-order valence-electron chi connectivity index (χ0n) is 10.5. The largest absolute Gasteiger partial charge is 0.305 e. The molecule has 102 valence electrons. The topological polar surface area (TPSA) is 42.7 Å². The van der Waals surface area contributed by atoms with Crippen LogP contribution in [-0.4, -0.2) is 21.5 Å². The Morgan fingerprint density at radius 2 is 2.16 bits per heavy atom.